The first-order chi connectivity index (χ1) is 12.4. The standard InChI is InChI=1S/C18H24ClN5O2/c1-12(2)24-16(21-22(3)18(24)26)13-5-4-10-23(11-13)17(25)20-15-8-6-14(19)7-9-15/h6-9,12-13H,4-5,10-11H2,1-3H3,(H,20,25). The second kappa shape index (κ2) is 7.53. The minimum absolute atomic E-state index is 0.0319. The number of likely N-dealkylation sites (tertiary alicyclic amines) is 1. The predicted molar refractivity (Wildman–Crippen MR) is 102 cm³/mol. The Kier molecular flexibility index (Phi) is 5.36. The fourth-order valence-corrected chi connectivity index (χ4v) is 3.50. The van der Waals surface area contributed by atoms with Crippen molar-refractivity contribution in [3.63, 3.8) is 0 Å². The number of piperidine rings is 1. The summed E-state index contributed by atoms with van der Waals surface area (Å²) in [4.78, 5) is 26.7. The molecule has 1 atom stereocenters. The van der Waals surface area contributed by atoms with Gasteiger partial charge in [-0.3, -0.25) is 4.57 Å². The lowest BCUT2D eigenvalue weighted by Crippen LogP contribution is -2.42. The molecule has 26 heavy (non-hydrogen) atoms. The highest BCUT2D eigenvalue weighted by Gasteiger charge is 2.29. The average Bonchev–Trinajstić information content (AvgIpc) is 2.92. The Balaban J connectivity index is 1.75. The molecular formula is C18H24ClN5O2. The number of amides is 2. The van der Waals surface area contributed by atoms with Gasteiger partial charge in [0.25, 0.3) is 0 Å². The molecular weight excluding hydrogens is 354 g/mol. The second-order valence-corrected chi connectivity index (χ2v) is 7.39. The van der Waals surface area contributed by atoms with Crippen molar-refractivity contribution in [1.82, 2.24) is 19.2 Å². The largest absolute Gasteiger partial charge is 0.345 e. The molecule has 3 rings (SSSR count). The Morgan fingerprint density at radius 1 is 1.31 bits per heavy atom. The maximum Gasteiger partial charge on any atom is 0.345 e. The molecule has 1 aromatic heterocycles. The van der Waals surface area contributed by atoms with Gasteiger partial charge in [0.05, 0.1) is 0 Å². The van der Waals surface area contributed by atoms with E-state index in [1.807, 2.05) is 13.8 Å². The zero-order valence-corrected chi connectivity index (χ0v) is 16.0. The fourth-order valence-electron chi connectivity index (χ4n) is 3.37. The minimum atomic E-state index is -0.147. The Hall–Kier alpha value is -2.28. The Bertz CT molecular complexity index is 840. The zero-order chi connectivity index (χ0) is 18.8. The number of benzene rings is 1. The van der Waals surface area contributed by atoms with Crippen molar-refractivity contribution >= 4 is 23.3 Å². The maximum atomic E-state index is 12.6. The van der Waals surface area contributed by atoms with Crippen LogP contribution in [0.3, 0.4) is 0 Å². The molecule has 8 heteroatoms. The number of rotatable bonds is 3. The van der Waals surface area contributed by atoms with Crippen LogP contribution >= 0.6 is 11.6 Å². The van der Waals surface area contributed by atoms with Gasteiger partial charge in [-0.1, -0.05) is 11.6 Å². The third-order valence-corrected chi connectivity index (χ3v) is 4.92. The van der Waals surface area contributed by atoms with Gasteiger partial charge in [0, 0.05) is 42.8 Å². The molecule has 1 fully saturated rings. The number of carbonyl (C=O) groups is 1. The molecule has 1 saturated heterocycles. The van der Waals surface area contributed by atoms with Gasteiger partial charge in [-0.05, 0) is 51.0 Å². The van der Waals surface area contributed by atoms with Crippen molar-refractivity contribution in [1.29, 1.82) is 0 Å². The second-order valence-electron chi connectivity index (χ2n) is 6.95. The summed E-state index contributed by atoms with van der Waals surface area (Å²) in [6, 6.07) is 6.92. The highest BCUT2D eigenvalue weighted by molar-refractivity contribution is 6.30. The van der Waals surface area contributed by atoms with E-state index < -0.39 is 0 Å². The number of aryl methyl sites for hydroxylation is 1. The molecule has 140 valence electrons. The van der Waals surface area contributed by atoms with Crippen LogP contribution in [0.1, 0.15) is 44.5 Å². The molecule has 1 aliphatic rings. The molecule has 2 aromatic rings. The van der Waals surface area contributed by atoms with E-state index in [-0.39, 0.29) is 23.7 Å². The van der Waals surface area contributed by atoms with Crippen molar-refractivity contribution in [2.24, 2.45) is 7.05 Å². The molecule has 0 saturated carbocycles. The normalized spacial score (nSPS) is 17.6. The summed E-state index contributed by atoms with van der Waals surface area (Å²) in [5.41, 5.74) is 0.594. The first kappa shape index (κ1) is 18.5. The molecule has 0 radical (unpaired) electrons. The van der Waals surface area contributed by atoms with E-state index in [9.17, 15) is 9.59 Å². The van der Waals surface area contributed by atoms with Crippen LogP contribution in [0, 0.1) is 0 Å². The van der Waals surface area contributed by atoms with Crippen LogP contribution in [0.25, 0.3) is 0 Å². The van der Waals surface area contributed by atoms with Crippen molar-refractivity contribution in [2.45, 2.75) is 38.6 Å². The number of hydrogen-bond donors (Lipinski definition) is 1. The summed E-state index contributed by atoms with van der Waals surface area (Å²) >= 11 is 5.88. The summed E-state index contributed by atoms with van der Waals surface area (Å²) in [5, 5.41) is 7.96. The van der Waals surface area contributed by atoms with Crippen LogP contribution in [-0.2, 0) is 7.05 Å². The highest BCUT2D eigenvalue weighted by atomic mass is 35.5. The van der Waals surface area contributed by atoms with Crippen LogP contribution in [-0.4, -0.2) is 38.4 Å². The number of aromatic nitrogens is 3. The molecule has 1 unspecified atom stereocenters. The summed E-state index contributed by atoms with van der Waals surface area (Å²) in [7, 11) is 1.67. The zero-order valence-electron chi connectivity index (χ0n) is 15.3. The summed E-state index contributed by atoms with van der Waals surface area (Å²) in [5.74, 6) is 0.813. The monoisotopic (exact) mass is 377 g/mol. The van der Waals surface area contributed by atoms with E-state index >= 15 is 0 Å². The van der Waals surface area contributed by atoms with E-state index in [2.05, 4.69) is 10.4 Å². The van der Waals surface area contributed by atoms with E-state index in [0.29, 0.717) is 23.8 Å². The average molecular weight is 378 g/mol. The minimum Gasteiger partial charge on any atom is -0.324 e. The number of nitrogens with zero attached hydrogens (tertiary/aromatic N) is 4. The number of anilines is 1. The molecule has 0 bridgehead atoms. The molecule has 0 spiro atoms. The van der Waals surface area contributed by atoms with E-state index in [4.69, 9.17) is 11.6 Å². The van der Waals surface area contributed by atoms with Gasteiger partial charge >= 0.3 is 11.7 Å². The van der Waals surface area contributed by atoms with E-state index in [1.54, 1.807) is 40.8 Å². The van der Waals surface area contributed by atoms with Crippen LogP contribution in [0.15, 0.2) is 29.1 Å². The first-order valence-corrected chi connectivity index (χ1v) is 9.21. The van der Waals surface area contributed by atoms with Gasteiger partial charge in [-0.2, -0.15) is 5.10 Å². The molecule has 7 nitrogen and oxygen atoms in total. The summed E-state index contributed by atoms with van der Waals surface area (Å²) < 4.78 is 3.10. The molecule has 2 heterocycles. The maximum absolute atomic E-state index is 12.6. The van der Waals surface area contributed by atoms with Crippen LogP contribution < -0.4 is 11.0 Å². The van der Waals surface area contributed by atoms with Gasteiger partial charge in [0.2, 0.25) is 0 Å². The van der Waals surface area contributed by atoms with Crippen LogP contribution in [0.2, 0.25) is 5.02 Å². The van der Waals surface area contributed by atoms with Gasteiger partial charge in [0.1, 0.15) is 5.82 Å². The number of halogens is 1. The highest BCUT2D eigenvalue weighted by Crippen LogP contribution is 2.27. The van der Waals surface area contributed by atoms with Crippen molar-refractivity contribution in [2.75, 3.05) is 18.4 Å². The molecule has 2 amide bonds. The molecule has 1 aromatic carbocycles. The molecule has 1 N–H and O–H groups in total. The van der Waals surface area contributed by atoms with Gasteiger partial charge in [0.15, 0.2) is 0 Å². The van der Waals surface area contributed by atoms with E-state index in [0.717, 1.165) is 18.7 Å². The van der Waals surface area contributed by atoms with E-state index in [1.165, 1.54) is 4.68 Å². The third-order valence-electron chi connectivity index (χ3n) is 4.67. The summed E-state index contributed by atoms with van der Waals surface area (Å²) in [6.45, 7) is 5.18. The number of urea groups is 1. The molecule has 0 aliphatic carbocycles. The van der Waals surface area contributed by atoms with Gasteiger partial charge in [-0.25, -0.2) is 14.3 Å². The SMILES string of the molecule is CC(C)n1c(C2CCCN(C(=O)Nc3ccc(Cl)cc3)C2)nn(C)c1=O. The number of nitrogens with one attached hydrogen (secondary N) is 1. The Morgan fingerprint density at radius 3 is 2.65 bits per heavy atom. The quantitative estimate of drug-likeness (QED) is 0.892. The van der Waals surface area contributed by atoms with Crippen LogP contribution in [0.4, 0.5) is 10.5 Å². The van der Waals surface area contributed by atoms with Gasteiger partial charge in [-0.15, -0.1) is 0 Å². The van der Waals surface area contributed by atoms with Crippen molar-refractivity contribution < 1.29 is 4.79 Å². The molecule has 1 aliphatic heterocycles. The third kappa shape index (κ3) is 3.77. The Morgan fingerprint density at radius 2 is 2.00 bits per heavy atom. The lowest BCUT2D eigenvalue weighted by Gasteiger charge is -2.32. The Labute approximate surface area is 157 Å². The summed E-state index contributed by atoms with van der Waals surface area (Å²) in [6.07, 6.45) is 1.79. The number of hydrogen-bond acceptors (Lipinski definition) is 3. The lowest BCUT2D eigenvalue weighted by molar-refractivity contribution is 0.190. The van der Waals surface area contributed by atoms with Gasteiger partial charge < -0.3 is 10.2 Å². The first-order valence-electron chi connectivity index (χ1n) is 8.83. The van der Waals surface area contributed by atoms with Crippen molar-refractivity contribution in [3.05, 3.63) is 45.6 Å². The number of carbonyl (C=O) groups excluding carboxylic acids is 1. The smallest absolute Gasteiger partial charge is 0.324 e. The predicted octanol–water partition coefficient (Wildman–Crippen LogP) is 3.23. The lowest BCUT2D eigenvalue weighted by atomic mass is 9.97. The topological polar surface area (TPSA) is 72.2 Å². The fraction of sp³-hybridized carbons (Fsp3) is 0.500. The van der Waals surface area contributed by atoms with Crippen LogP contribution in [0.5, 0.6) is 0 Å². The van der Waals surface area contributed by atoms with Crippen molar-refractivity contribution in [3.8, 4) is 0 Å².